The second kappa shape index (κ2) is 9.84. The van der Waals surface area contributed by atoms with Gasteiger partial charge in [-0.15, -0.1) is 0 Å². The zero-order chi connectivity index (χ0) is 17.5. The van der Waals surface area contributed by atoms with E-state index >= 15 is 0 Å². The molecule has 2 nitrogen and oxygen atoms in total. The minimum Gasteiger partial charge on any atom is -1.00 e. The van der Waals surface area contributed by atoms with Crippen molar-refractivity contribution in [1.29, 1.82) is 0 Å². The van der Waals surface area contributed by atoms with E-state index in [-0.39, 0.29) is 30.4 Å². The van der Waals surface area contributed by atoms with Gasteiger partial charge < -0.3 is 29.1 Å². The number of hydrogen-bond acceptors (Lipinski definition) is 1. The quantitative estimate of drug-likeness (QED) is 0.406. The first-order valence-corrected chi connectivity index (χ1v) is 10.5. The average molecular weight is 476 g/mol. The molecule has 0 heterocycles. The zero-order valence-corrected chi connectivity index (χ0v) is 17.5. The van der Waals surface area contributed by atoms with E-state index in [9.17, 15) is 4.79 Å². The van der Waals surface area contributed by atoms with Gasteiger partial charge in [0, 0.05) is 6.42 Å². The molecule has 0 bridgehead atoms. The lowest BCUT2D eigenvalue weighted by Crippen LogP contribution is -3.00. The molecule has 0 aromatic heterocycles. The Morgan fingerprint density at radius 2 is 1.04 bits per heavy atom. The lowest BCUT2D eigenvalue weighted by molar-refractivity contribution is -0.137. The standard InChI is InChI=1S/C22H21O2P.HI/c23-22(24)17-10-18-25(19-11-4-1-5-12-19,20-13-6-2-7-14-20)21-15-8-3-9-16-21;/h1-9,11-16H,10,17-18H2;1H. The van der Waals surface area contributed by atoms with Crippen LogP contribution < -0.4 is 39.9 Å². The van der Waals surface area contributed by atoms with Crippen LogP contribution >= 0.6 is 7.26 Å². The lowest BCUT2D eigenvalue weighted by Gasteiger charge is -2.27. The smallest absolute Gasteiger partial charge is 0.303 e. The number of aliphatic carboxylic acids is 1. The number of rotatable bonds is 7. The van der Waals surface area contributed by atoms with Gasteiger partial charge in [0.25, 0.3) is 0 Å². The molecule has 0 spiro atoms. The number of benzene rings is 3. The van der Waals surface area contributed by atoms with E-state index in [0.717, 1.165) is 6.16 Å². The summed E-state index contributed by atoms with van der Waals surface area (Å²) in [6.07, 6.45) is 1.73. The molecule has 0 fully saturated rings. The zero-order valence-electron chi connectivity index (χ0n) is 14.5. The van der Waals surface area contributed by atoms with Crippen LogP contribution in [-0.4, -0.2) is 17.2 Å². The molecule has 0 aliphatic carbocycles. The van der Waals surface area contributed by atoms with Gasteiger partial charge in [0.15, 0.2) is 0 Å². The molecule has 0 atom stereocenters. The first kappa shape index (κ1) is 20.6. The van der Waals surface area contributed by atoms with Crippen molar-refractivity contribution in [3.63, 3.8) is 0 Å². The normalized spacial score (nSPS) is 10.8. The van der Waals surface area contributed by atoms with Crippen LogP contribution in [0.4, 0.5) is 0 Å². The topological polar surface area (TPSA) is 37.3 Å². The van der Waals surface area contributed by atoms with Gasteiger partial charge in [-0.2, -0.15) is 0 Å². The van der Waals surface area contributed by atoms with Crippen LogP contribution in [0.25, 0.3) is 0 Å². The second-order valence-electron chi connectivity index (χ2n) is 6.04. The van der Waals surface area contributed by atoms with Gasteiger partial charge in [-0.1, -0.05) is 54.6 Å². The molecule has 26 heavy (non-hydrogen) atoms. The monoisotopic (exact) mass is 476 g/mol. The van der Waals surface area contributed by atoms with Crippen molar-refractivity contribution in [2.24, 2.45) is 0 Å². The van der Waals surface area contributed by atoms with E-state index < -0.39 is 13.2 Å². The highest BCUT2D eigenvalue weighted by Crippen LogP contribution is 2.55. The Hall–Kier alpha value is -1.71. The third-order valence-corrected chi connectivity index (χ3v) is 9.00. The molecule has 3 rings (SSSR count). The molecule has 134 valence electrons. The molecule has 0 aliphatic heterocycles. The van der Waals surface area contributed by atoms with Crippen LogP contribution in [0.3, 0.4) is 0 Å². The number of halogens is 1. The van der Waals surface area contributed by atoms with Gasteiger partial charge in [-0.05, 0) is 42.8 Å². The number of carboxylic acids is 1. The molecule has 3 aromatic carbocycles. The van der Waals surface area contributed by atoms with Gasteiger partial charge in [0.05, 0.1) is 6.16 Å². The molecule has 4 heteroatoms. The Labute approximate surface area is 172 Å². The fourth-order valence-corrected chi connectivity index (χ4v) is 7.69. The molecule has 0 amide bonds. The molecule has 1 N–H and O–H groups in total. The van der Waals surface area contributed by atoms with Crippen molar-refractivity contribution >= 4 is 29.1 Å². The van der Waals surface area contributed by atoms with Crippen molar-refractivity contribution in [3.05, 3.63) is 91.0 Å². The summed E-state index contributed by atoms with van der Waals surface area (Å²) < 4.78 is 0. The summed E-state index contributed by atoms with van der Waals surface area (Å²) in [4.78, 5) is 11.1. The van der Waals surface area contributed by atoms with Crippen LogP contribution in [0.2, 0.25) is 0 Å². The summed E-state index contributed by atoms with van der Waals surface area (Å²) in [5.41, 5.74) is 0. The molecule has 0 saturated carbocycles. The van der Waals surface area contributed by atoms with Gasteiger partial charge in [0.2, 0.25) is 0 Å². The Morgan fingerprint density at radius 1 is 0.692 bits per heavy atom. The summed E-state index contributed by atoms with van der Waals surface area (Å²) in [5, 5.41) is 13.0. The van der Waals surface area contributed by atoms with E-state index in [1.807, 2.05) is 18.2 Å². The SMILES string of the molecule is O=C(O)CCC[P+](c1ccccc1)(c1ccccc1)c1ccccc1.[I-]. The van der Waals surface area contributed by atoms with Gasteiger partial charge >= 0.3 is 5.97 Å². The molecule has 0 aliphatic rings. The number of carbonyl (C=O) groups is 1. The summed E-state index contributed by atoms with van der Waals surface area (Å²) >= 11 is 0. The maximum absolute atomic E-state index is 11.1. The van der Waals surface area contributed by atoms with Crippen molar-refractivity contribution in [1.82, 2.24) is 0 Å². The minimum atomic E-state index is -1.87. The van der Waals surface area contributed by atoms with E-state index in [2.05, 4.69) is 72.8 Å². The highest BCUT2D eigenvalue weighted by molar-refractivity contribution is 7.95. The molecular weight excluding hydrogens is 454 g/mol. The maximum Gasteiger partial charge on any atom is 0.303 e. The Morgan fingerprint density at radius 3 is 1.35 bits per heavy atom. The second-order valence-corrected chi connectivity index (χ2v) is 9.65. The maximum atomic E-state index is 11.1. The Bertz CT molecular complexity index is 711. The van der Waals surface area contributed by atoms with Crippen LogP contribution in [0.15, 0.2) is 91.0 Å². The number of hydrogen-bond donors (Lipinski definition) is 1. The predicted molar refractivity (Wildman–Crippen MR) is 107 cm³/mol. The van der Waals surface area contributed by atoms with Gasteiger partial charge in [0.1, 0.15) is 23.2 Å². The molecule has 0 saturated heterocycles. The first-order valence-electron chi connectivity index (χ1n) is 8.50. The third kappa shape index (κ3) is 4.52. The first-order chi connectivity index (χ1) is 12.2. The van der Waals surface area contributed by atoms with Crippen LogP contribution in [-0.2, 0) is 4.79 Å². The van der Waals surface area contributed by atoms with E-state index in [1.54, 1.807) is 0 Å². The van der Waals surface area contributed by atoms with Crippen LogP contribution in [0, 0.1) is 0 Å². The Balaban J connectivity index is 0.00000243. The van der Waals surface area contributed by atoms with Crippen molar-refractivity contribution in [3.8, 4) is 0 Å². The summed E-state index contributed by atoms with van der Waals surface area (Å²) in [6.45, 7) is 0. The average Bonchev–Trinajstić information content (AvgIpc) is 2.67. The number of carboxylic acid groups (broad SMARTS) is 1. The van der Waals surface area contributed by atoms with Crippen molar-refractivity contribution in [2.45, 2.75) is 12.8 Å². The minimum absolute atomic E-state index is 0. The molecular formula is C22H22IO2P. The Kier molecular flexibility index (Phi) is 7.80. The fraction of sp³-hybridized carbons (Fsp3) is 0.136. The molecule has 0 unspecified atom stereocenters. The van der Waals surface area contributed by atoms with E-state index in [4.69, 9.17) is 5.11 Å². The lowest BCUT2D eigenvalue weighted by atomic mass is 10.3. The van der Waals surface area contributed by atoms with Crippen molar-refractivity contribution in [2.75, 3.05) is 6.16 Å². The fourth-order valence-electron chi connectivity index (χ4n) is 3.35. The highest BCUT2D eigenvalue weighted by Gasteiger charge is 2.44. The highest BCUT2D eigenvalue weighted by atomic mass is 127. The third-order valence-electron chi connectivity index (χ3n) is 4.48. The molecule has 3 aromatic rings. The molecule has 0 radical (unpaired) electrons. The summed E-state index contributed by atoms with van der Waals surface area (Å²) in [5.74, 6) is -0.729. The summed E-state index contributed by atoms with van der Waals surface area (Å²) in [6, 6.07) is 31.7. The predicted octanol–water partition coefficient (Wildman–Crippen LogP) is 0.849. The summed E-state index contributed by atoms with van der Waals surface area (Å²) in [7, 11) is -1.87. The van der Waals surface area contributed by atoms with E-state index in [0.29, 0.717) is 6.42 Å². The van der Waals surface area contributed by atoms with Gasteiger partial charge in [-0.3, -0.25) is 4.79 Å². The van der Waals surface area contributed by atoms with E-state index in [1.165, 1.54) is 15.9 Å². The van der Waals surface area contributed by atoms with Crippen molar-refractivity contribution < 1.29 is 33.9 Å². The van der Waals surface area contributed by atoms with Crippen LogP contribution in [0.5, 0.6) is 0 Å². The van der Waals surface area contributed by atoms with Gasteiger partial charge in [-0.25, -0.2) is 0 Å². The van der Waals surface area contributed by atoms with Crippen LogP contribution in [0.1, 0.15) is 12.8 Å². The largest absolute Gasteiger partial charge is 1.00 e.